The van der Waals surface area contributed by atoms with Crippen LogP contribution < -0.4 is 5.56 Å². The molecule has 18 heavy (non-hydrogen) atoms. The van der Waals surface area contributed by atoms with Crippen LogP contribution in [0.3, 0.4) is 0 Å². The van der Waals surface area contributed by atoms with E-state index >= 15 is 0 Å². The molecule has 1 atom stereocenters. The van der Waals surface area contributed by atoms with Gasteiger partial charge < -0.3 is 4.57 Å². The summed E-state index contributed by atoms with van der Waals surface area (Å²) in [5.41, 5.74) is 0.285. The number of nitrogens with zero attached hydrogens (tertiary/aromatic N) is 4. The molecule has 0 unspecified atom stereocenters. The first-order chi connectivity index (χ1) is 8.48. The summed E-state index contributed by atoms with van der Waals surface area (Å²) < 4.78 is 25.9. The second-order valence-electron chi connectivity index (χ2n) is 4.54. The Morgan fingerprint density at radius 3 is 2.89 bits per heavy atom. The van der Waals surface area contributed by atoms with Crippen LogP contribution in [0.1, 0.15) is 12.5 Å². The van der Waals surface area contributed by atoms with Crippen LogP contribution in [0, 0.1) is 0 Å². The highest BCUT2D eigenvalue weighted by Crippen LogP contribution is 2.24. The van der Waals surface area contributed by atoms with Crippen LogP contribution >= 0.6 is 0 Å². The molecule has 1 aliphatic rings. The Labute approximate surface area is 103 Å². The minimum absolute atomic E-state index is 0.0701. The first-order valence-electron chi connectivity index (χ1n) is 5.57. The molecule has 3 rings (SSSR count). The molecule has 96 valence electrons. The van der Waals surface area contributed by atoms with Gasteiger partial charge in [-0.25, -0.2) is 18.1 Å². The third kappa shape index (κ3) is 1.64. The average molecular weight is 268 g/mol. The van der Waals surface area contributed by atoms with Crippen LogP contribution in [0.15, 0.2) is 17.3 Å². The molecule has 0 bridgehead atoms. The van der Waals surface area contributed by atoms with Crippen molar-refractivity contribution in [2.24, 2.45) is 7.05 Å². The molecule has 0 aliphatic carbocycles. The molecule has 2 aromatic heterocycles. The molecule has 0 aromatic carbocycles. The van der Waals surface area contributed by atoms with Gasteiger partial charge in [-0.2, -0.15) is 5.10 Å². The number of hydrogen-bond acceptors (Lipinski definition) is 5. The maximum absolute atomic E-state index is 11.8. The molecule has 0 N–H and O–H groups in total. The molecule has 8 heteroatoms. The standard InChI is InChI=1S/C10H12N4O3S/c1-13-6-11-9-8(10(13)15)4-12-14(9)7-2-3-18(16,17)5-7/h4,6-7H,2-3,5H2,1H3/t7-/m1/s1. The first-order valence-corrected chi connectivity index (χ1v) is 7.39. The highest BCUT2D eigenvalue weighted by atomic mass is 32.2. The number of sulfone groups is 1. The van der Waals surface area contributed by atoms with Crippen molar-refractivity contribution in [1.29, 1.82) is 0 Å². The maximum atomic E-state index is 11.8. The summed E-state index contributed by atoms with van der Waals surface area (Å²) in [6.45, 7) is 0. The highest BCUT2D eigenvalue weighted by molar-refractivity contribution is 7.91. The van der Waals surface area contributed by atoms with Gasteiger partial charge in [-0.1, -0.05) is 0 Å². The van der Waals surface area contributed by atoms with E-state index < -0.39 is 9.84 Å². The van der Waals surface area contributed by atoms with Crippen LogP contribution in [0.2, 0.25) is 0 Å². The fraction of sp³-hybridized carbons (Fsp3) is 0.500. The van der Waals surface area contributed by atoms with E-state index in [2.05, 4.69) is 10.1 Å². The summed E-state index contributed by atoms with van der Waals surface area (Å²) in [6, 6.07) is -0.216. The van der Waals surface area contributed by atoms with Crippen molar-refractivity contribution in [3.05, 3.63) is 22.9 Å². The van der Waals surface area contributed by atoms with E-state index in [-0.39, 0.29) is 23.1 Å². The second kappa shape index (κ2) is 3.64. The summed E-state index contributed by atoms with van der Waals surface area (Å²) in [5, 5.41) is 4.54. The largest absolute Gasteiger partial charge is 0.302 e. The van der Waals surface area contributed by atoms with Gasteiger partial charge in [0, 0.05) is 7.05 Å². The number of aryl methyl sites for hydroxylation is 1. The SMILES string of the molecule is Cn1cnc2c(cnn2[C@@H]2CCS(=O)(=O)C2)c1=O. The normalized spacial score (nSPS) is 22.6. The van der Waals surface area contributed by atoms with Crippen molar-refractivity contribution >= 4 is 20.9 Å². The minimum Gasteiger partial charge on any atom is -0.302 e. The molecule has 0 amide bonds. The number of aromatic nitrogens is 4. The molecule has 1 aliphatic heterocycles. The summed E-state index contributed by atoms with van der Waals surface area (Å²) in [7, 11) is -1.36. The number of fused-ring (bicyclic) bond motifs is 1. The van der Waals surface area contributed by atoms with Crippen molar-refractivity contribution in [3.63, 3.8) is 0 Å². The van der Waals surface area contributed by atoms with Crippen molar-refractivity contribution in [1.82, 2.24) is 19.3 Å². The third-order valence-corrected chi connectivity index (χ3v) is 4.98. The van der Waals surface area contributed by atoms with E-state index in [1.54, 1.807) is 11.7 Å². The molecular weight excluding hydrogens is 256 g/mol. The molecule has 3 heterocycles. The van der Waals surface area contributed by atoms with Crippen LogP contribution in [0.4, 0.5) is 0 Å². The van der Waals surface area contributed by atoms with Gasteiger partial charge in [0.25, 0.3) is 5.56 Å². The van der Waals surface area contributed by atoms with E-state index in [9.17, 15) is 13.2 Å². The van der Waals surface area contributed by atoms with Gasteiger partial charge in [-0.15, -0.1) is 0 Å². The Balaban J connectivity index is 2.15. The van der Waals surface area contributed by atoms with Gasteiger partial charge in [-0.05, 0) is 6.42 Å². The van der Waals surface area contributed by atoms with Gasteiger partial charge in [0.2, 0.25) is 0 Å². The number of rotatable bonds is 1. The number of hydrogen-bond donors (Lipinski definition) is 0. The second-order valence-corrected chi connectivity index (χ2v) is 6.77. The Hall–Kier alpha value is -1.70. The first kappa shape index (κ1) is 11.4. The van der Waals surface area contributed by atoms with Crippen LogP contribution in [0.25, 0.3) is 11.0 Å². The van der Waals surface area contributed by atoms with Crippen LogP contribution in [-0.2, 0) is 16.9 Å². The van der Waals surface area contributed by atoms with Crippen molar-refractivity contribution < 1.29 is 8.42 Å². The molecule has 0 saturated carbocycles. The molecule has 0 radical (unpaired) electrons. The van der Waals surface area contributed by atoms with Gasteiger partial charge in [-0.3, -0.25) is 4.79 Å². The lowest BCUT2D eigenvalue weighted by atomic mass is 10.3. The summed E-state index contributed by atoms with van der Waals surface area (Å²) >= 11 is 0. The summed E-state index contributed by atoms with van der Waals surface area (Å²) in [4.78, 5) is 16.0. The Morgan fingerprint density at radius 1 is 1.44 bits per heavy atom. The zero-order valence-electron chi connectivity index (χ0n) is 9.78. The van der Waals surface area contributed by atoms with Crippen LogP contribution in [0.5, 0.6) is 0 Å². The van der Waals surface area contributed by atoms with Crippen molar-refractivity contribution in [2.75, 3.05) is 11.5 Å². The molecule has 2 aromatic rings. The van der Waals surface area contributed by atoms with E-state index in [0.29, 0.717) is 17.5 Å². The summed E-state index contributed by atoms with van der Waals surface area (Å²) in [5.74, 6) is 0.241. The Bertz CT molecular complexity index is 774. The predicted molar refractivity (Wildman–Crippen MR) is 65.1 cm³/mol. The Morgan fingerprint density at radius 2 is 2.22 bits per heavy atom. The molecule has 7 nitrogen and oxygen atoms in total. The lowest BCUT2D eigenvalue weighted by Crippen LogP contribution is -2.18. The van der Waals surface area contributed by atoms with Gasteiger partial charge >= 0.3 is 0 Å². The van der Waals surface area contributed by atoms with Crippen molar-refractivity contribution in [2.45, 2.75) is 12.5 Å². The van der Waals surface area contributed by atoms with E-state index in [4.69, 9.17) is 0 Å². The summed E-state index contributed by atoms with van der Waals surface area (Å²) in [6.07, 6.45) is 3.40. The van der Waals surface area contributed by atoms with Gasteiger partial charge in [0.05, 0.1) is 30.1 Å². The van der Waals surface area contributed by atoms with Crippen LogP contribution in [-0.4, -0.2) is 39.3 Å². The predicted octanol–water partition coefficient (Wildman–Crippen LogP) is -0.510. The Kier molecular flexibility index (Phi) is 2.31. The molecular formula is C10H12N4O3S. The monoisotopic (exact) mass is 268 g/mol. The molecule has 1 fully saturated rings. The van der Waals surface area contributed by atoms with E-state index in [1.807, 2.05) is 0 Å². The zero-order valence-corrected chi connectivity index (χ0v) is 10.6. The maximum Gasteiger partial charge on any atom is 0.264 e. The average Bonchev–Trinajstić information content (AvgIpc) is 2.87. The fourth-order valence-corrected chi connectivity index (χ4v) is 3.95. The van der Waals surface area contributed by atoms with Gasteiger partial charge in [0.1, 0.15) is 5.39 Å². The molecule has 1 saturated heterocycles. The van der Waals surface area contributed by atoms with Crippen molar-refractivity contribution in [3.8, 4) is 0 Å². The lowest BCUT2D eigenvalue weighted by molar-refractivity contribution is 0.511. The lowest BCUT2D eigenvalue weighted by Gasteiger charge is -2.08. The van der Waals surface area contributed by atoms with E-state index in [1.165, 1.54) is 17.1 Å². The minimum atomic E-state index is -2.98. The fourth-order valence-electron chi connectivity index (χ4n) is 2.25. The highest BCUT2D eigenvalue weighted by Gasteiger charge is 2.31. The van der Waals surface area contributed by atoms with E-state index in [0.717, 1.165) is 0 Å². The third-order valence-electron chi connectivity index (χ3n) is 3.23. The zero-order chi connectivity index (χ0) is 12.9. The molecule has 0 spiro atoms. The smallest absolute Gasteiger partial charge is 0.264 e. The van der Waals surface area contributed by atoms with Gasteiger partial charge in [0.15, 0.2) is 15.5 Å². The quantitative estimate of drug-likeness (QED) is 0.695. The topological polar surface area (TPSA) is 86.8 Å².